The molecule has 4 heterocycles. The van der Waals surface area contributed by atoms with E-state index in [0.29, 0.717) is 0 Å². The second-order valence-corrected chi connectivity index (χ2v) is 11.0. The minimum Gasteiger partial charge on any atom is -0.682 e. The molecule has 3 aromatic heterocycles. The number of hydrogen-bond donors (Lipinski definition) is 0. The maximum atomic E-state index is 4.73. The van der Waals surface area contributed by atoms with Crippen LogP contribution >= 0.6 is 0 Å². The molecule has 0 bridgehead atoms. The monoisotopic (exact) mass is 756 g/mol. The minimum absolute atomic E-state index is 0. The molecule has 5 aromatic carbocycles. The van der Waals surface area contributed by atoms with E-state index in [2.05, 4.69) is 135 Å². The van der Waals surface area contributed by atoms with Gasteiger partial charge in [0.1, 0.15) is 0 Å². The van der Waals surface area contributed by atoms with E-state index in [1.54, 1.807) is 0 Å². The van der Waals surface area contributed by atoms with Gasteiger partial charge in [0.15, 0.2) is 0 Å². The Hall–Kier alpha value is -5.18. The van der Waals surface area contributed by atoms with E-state index in [1.807, 2.05) is 36.7 Å². The number of pyridine rings is 1. The second kappa shape index (κ2) is 11.1. The zero-order valence-electron chi connectivity index (χ0n) is 24.0. The fourth-order valence-corrected chi connectivity index (χ4v) is 6.61. The zero-order valence-corrected chi connectivity index (χ0v) is 26.3. The first kappa shape index (κ1) is 27.4. The van der Waals surface area contributed by atoms with Gasteiger partial charge in [-0.1, -0.05) is 94.5 Å². The topological polar surface area (TPSA) is 36.9 Å². The number of aromatic nitrogens is 3. The van der Waals surface area contributed by atoms with E-state index in [1.165, 1.54) is 0 Å². The average molecular weight is 757 g/mol. The molecule has 1 unspecified atom stereocenters. The number of rotatable bonds is 4. The number of allylic oxidation sites excluding steroid dienone is 2. The number of fused-ring (bicyclic) bond motifs is 7. The first-order chi connectivity index (χ1) is 21.8. The Balaban J connectivity index is 0.00000300. The van der Waals surface area contributed by atoms with Crippen molar-refractivity contribution < 1.29 is 21.1 Å². The summed E-state index contributed by atoms with van der Waals surface area (Å²) in [6, 6.07) is 48.0. The predicted molar refractivity (Wildman–Crippen MR) is 180 cm³/mol. The maximum absolute atomic E-state index is 4.73. The molecular weight excluding hydrogens is 732 g/mol. The van der Waals surface area contributed by atoms with E-state index < -0.39 is 0 Å². The van der Waals surface area contributed by atoms with E-state index in [0.717, 1.165) is 71.8 Å². The van der Waals surface area contributed by atoms with E-state index in [9.17, 15) is 0 Å². The van der Waals surface area contributed by atoms with Crippen molar-refractivity contribution in [3.8, 4) is 22.6 Å². The molecule has 4 nitrogen and oxygen atoms in total. The molecule has 0 saturated heterocycles. The van der Waals surface area contributed by atoms with Crippen LogP contribution in [0.2, 0.25) is 0 Å². The number of para-hydroxylation sites is 2. The standard InChI is InChI=1S/C40H25N4.Pt/c1-3-11-29(12-4-1)43-35-19-17-27(33-15-7-9-23-41-33)25-31(35)39-37(43)21-22-38-40(39)32-26-28(34-16-8-10-24-42-34)18-20-36(32)44(38)30-13-5-2-6-14-30;/h1-24,33H;/q-3;. The molecule has 0 radical (unpaired) electrons. The van der Waals surface area contributed by atoms with Crippen LogP contribution in [0.25, 0.3) is 71.6 Å². The SMILES string of the molecule is [Pt].[c-]1c(-c2ccccn2)ccc2c1c1c3c4[c-]c(C5C=CC=C[N-]5)ccc4n(-c4ccccc4)c3ccc1n2-c1ccccc1. The first-order valence-electron chi connectivity index (χ1n) is 14.8. The summed E-state index contributed by atoms with van der Waals surface area (Å²) in [5, 5.41) is 9.19. The van der Waals surface area contributed by atoms with Crippen molar-refractivity contribution in [3.05, 3.63) is 169 Å². The molecule has 0 fully saturated rings. The number of benzene rings is 5. The van der Waals surface area contributed by atoms with Gasteiger partial charge in [-0.2, -0.15) is 6.20 Å². The Kier molecular flexibility index (Phi) is 6.73. The van der Waals surface area contributed by atoms with Gasteiger partial charge >= 0.3 is 0 Å². The maximum Gasteiger partial charge on any atom is 0.0383 e. The molecule has 218 valence electrons. The van der Waals surface area contributed by atoms with Gasteiger partial charge in [0.05, 0.1) is 0 Å². The first-order valence-corrected chi connectivity index (χ1v) is 14.8. The number of nitrogens with zero attached hydrogens (tertiary/aromatic N) is 4. The van der Waals surface area contributed by atoms with Crippen molar-refractivity contribution in [2.24, 2.45) is 0 Å². The Morgan fingerprint density at radius 3 is 1.78 bits per heavy atom. The van der Waals surface area contributed by atoms with Gasteiger partial charge in [-0.15, -0.1) is 47.3 Å². The minimum atomic E-state index is -0.0632. The van der Waals surface area contributed by atoms with Gasteiger partial charge in [-0.25, -0.2) is 0 Å². The molecule has 9 rings (SSSR count). The molecule has 5 heteroatoms. The summed E-state index contributed by atoms with van der Waals surface area (Å²) in [4.78, 5) is 4.65. The fourth-order valence-electron chi connectivity index (χ4n) is 6.61. The molecule has 1 atom stereocenters. The Bertz CT molecular complexity index is 2400. The van der Waals surface area contributed by atoms with Crippen LogP contribution in [0.5, 0.6) is 0 Å². The number of hydrogen-bond acceptors (Lipinski definition) is 1. The normalized spacial score (nSPS) is 14.3. The van der Waals surface area contributed by atoms with E-state index >= 15 is 0 Å². The van der Waals surface area contributed by atoms with Crippen LogP contribution in [-0.2, 0) is 21.1 Å². The third-order valence-corrected chi connectivity index (χ3v) is 8.52. The van der Waals surface area contributed by atoms with Crippen LogP contribution < -0.4 is 0 Å². The van der Waals surface area contributed by atoms with Crippen molar-refractivity contribution >= 4 is 43.6 Å². The fraction of sp³-hybridized carbons (Fsp3) is 0.0250. The third kappa shape index (κ3) is 4.36. The Morgan fingerprint density at radius 2 is 1.18 bits per heavy atom. The van der Waals surface area contributed by atoms with Crippen LogP contribution in [0.15, 0.2) is 146 Å². The van der Waals surface area contributed by atoms with Crippen molar-refractivity contribution in [2.75, 3.05) is 0 Å². The van der Waals surface area contributed by atoms with Gasteiger partial charge < -0.3 is 14.5 Å². The molecule has 1 aliphatic heterocycles. The third-order valence-electron chi connectivity index (χ3n) is 8.52. The average Bonchev–Trinajstić information content (AvgIpc) is 3.61. The molecule has 0 aliphatic carbocycles. The molecule has 8 aromatic rings. The largest absolute Gasteiger partial charge is 0.682 e. The zero-order chi connectivity index (χ0) is 29.0. The molecule has 0 N–H and O–H groups in total. The predicted octanol–water partition coefficient (Wildman–Crippen LogP) is 10.0. The molecule has 45 heavy (non-hydrogen) atoms. The second-order valence-electron chi connectivity index (χ2n) is 11.0. The summed E-state index contributed by atoms with van der Waals surface area (Å²) >= 11 is 0. The quantitative estimate of drug-likeness (QED) is 0.165. The smallest absolute Gasteiger partial charge is 0.0383 e. The summed E-state index contributed by atoms with van der Waals surface area (Å²) < 4.78 is 4.70. The molecule has 0 saturated carbocycles. The van der Waals surface area contributed by atoms with E-state index in [-0.39, 0.29) is 27.1 Å². The van der Waals surface area contributed by atoms with E-state index in [4.69, 9.17) is 5.32 Å². The summed E-state index contributed by atoms with van der Waals surface area (Å²) in [5.41, 5.74) is 9.62. The molecule has 0 amide bonds. The Morgan fingerprint density at radius 1 is 0.578 bits per heavy atom. The van der Waals surface area contributed by atoms with Gasteiger partial charge in [0.2, 0.25) is 0 Å². The summed E-state index contributed by atoms with van der Waals surface area (Å²) in [5.74, 6) is 0. The summed E-state index contributed by atoms with van der Waals surface area (Å²) in [6.45, 7) is 0. The van der Waals surface area contributed by atoms with Crippen LogP contribution in [0.1, 0.15) is 11.6 Å². The van der Waals surface area contributed by atoms with Gasteiger partial charge in [0.25, 0.3) is 0 Å². The van der Waals surface area contributed by atoms with Crippen molar-refractivity contribution in [1.82, 2.24) is 14.1 Å². The van der Waals surface area contributed by atoms with Crippen LogP contribution in [0.4, 0.5) is 0 Å². The van der Waals surface area contributed by atoms with Crippen molar-refractivity contribution in [3.63, 3.8) is 0 Å². The van der Waals surface area contributed by atoms with Crippen LogP contribution in [0.3, 0.4) is 0 Å². The van der Waals surface area contributed by atoms with Gasteiger partial charge in [0, 0.05) is 49.8 Å². The molecule has 1 aliphatic rings. The van der Waals surface area contributed by atoms with Gasteiger partial charge in [-0.05, 0) is 59.0 Å². The molecule has 0 spiro atoms. The van der Waals surface area contributed by atoms with Crippen molar-refractivity contribution in [2.45, 2.75) is 6.04 Å². The molecular formula is C40H25N4Pt-3. The summed E-state index contributed by atoms with van der Waals surface area (Å²) in [7, 11) is 0. The Labute approximate surface area is 275 Å². The van der Waals surface area contributed by atoms with Crippen LogP contribution in [-0.4, -0.2) is 14.1 Å². The van der Waals surface area contributed by atoms with Gasteiger partial charge in [-0.3, -0.25) is 4.98 Å². The van der Waals surface area contributed by atoms with Crippen LogP contribution in [0, 0.1) is 12.1 Å². The van der Waals surface area contributed by atoms with Crippen molar-refractivity contribution in [1.29, 1.82) is 0 Å². The summed E-state index contributed by atoms with van der Waals surface area (Å²) in [6.07, 6.45) is 9.85.